The Kier molecular flexibility index (Phi) is 4.59. The number of rotatable bonds is 4. The van der Waals surface area contributed by atoms with Gasteiger partial charge in [-0.05, 0) is 43.5 Å². The van der Waals surface area contributed by atoms with E-state index < -0.39 is 0 Å². The Morgan fingerprint density at radius 1 is 1.08 bits per heavy atom. The van der Waals surface area contributed by atoms with E-state index in [1.165, 1.54) is 12.7 Å². The van der Waals surface area contributed by atoms with Gasteiger partial charge in [0.2, 0.25) is 0 Å². The zero-order valence-corrected chi connectivity index (χ0v) is 14.4. The molecule has 1 aliphatic heterocycles. The minimum atomic E-state index is -0.159. The molecule has 7 nitrogen and oxygen atoms in total. The van der Waals surface area contributed by atoms with Crippen LogP contribution in [0.1, 0.15) is 29.6 Å². The quantitative estimate of drug-likeness (QED) is 0.756. The molecule has 3 aromatic rings. The molecule has 1 aliphatic rings. The van der Waals surface area contributed by atoms with Gasteiger partial charge in [-0.2, -0.15) is 5.10 Å². The molecular formula is C19H20N6O. The summed E-state index contributed by atoms with van der Waals surface area (Å²) in [7, 11) is 0. The smallest absolute Gasteiger partial charge is 0.259 e. The van der Waals surface area contributed by atoms with Crippen LogP contribution in [0, 0.1) is 0 Å². The summed E-state index contributed by atoms with van der Waals surface area (Å²) in [5.74, 6) is 1.26. The fourth-order valence-electron chi connectivity index (χ4n) is 3.22. The minimum absolute atomic E-state index is 0.159. The third-order valence-electron chi connectivity index (χ3n) is 4.50. The van der Waals surface area contributed by atoms with Crippen molar-refractivity contribution in [1.29, 1.82) is 0 Å². The van der Waals surface area contributed by atoms with Crippen LogP contribution < -0.4 is 10.2 Å². The molecule has 7 heteroatoms. The van der Waals surface area contributed by atoms with Gasteiger partial charge in [0.15, 0.2) is 5.82 Å². The van der Waals surface area contributed by atoms with E-state index in [1.807, 2.05) is 30.3 Å². The fourth-order valence-corrected chi connectivity index (χ4v) is 3.22. The monoisotopic (exact) mass is 348 g/mol. The van der Waals surface area contributed by atoms with Gasteiger partial charge in [0.25, 0.3) is 5.91 Å². The highest BCUT2D eigenvalue weighted by Crippen LogP contribution is 2.24. The second-order valence-corrected chi connectivity index (χ2v) is 6.29. The van der Waals surface area contributed by atoms with Gasteiger partial charge >= 0.3 is 0 Å². The molecule has 1 saturated heterocycles. The zero-order valence-electron chi connectivity index (χ0n) is 14.4. The first-order valence-corrected chi connectivity index (χ1v) is 8.78. The van der Waals surface area contributed by atoms with Crippen molar-refractivity contribution in [1.82, 2.24) is 20.2 Å². The van der Waals surface area contributed by atoms with Crippen molar-refractivity contribution < 1.29 is 4.79 Å². The number of anilines is 2. The molecule has 0 radical (unpaired) electrons. The highest BCUT2D eigenvalue weighted by Gasteiger charge is 2.19. The van der Waals surface area contributed by atoms with Gasteiger partial charge in [0.05, 0.1) is 5.56 Å². The van der Waals surface area contributed by atoms with Gasteiger partial charge < -0.3 is 10.2 Å². The third-order valence-corrected chi connectivity index (χ3v) is 4.50. The van der Waals surface area contributed by atoms with Crippen LogP contribution in [0.15, 0.2) is 48.9 Å². The summed E-state index contributed by atoms with van der Waals surface area (Å²) < 4.78 is 0. The van der Waals surface area contributed by atoms with Crippen molar-refractivity contribution in [2.24, 2.45) is 0 Å². The number of piperidine rings is 1. The normalized spacial score (nSPS) is 14.2. The molecule has 1 aromatic carbocycles. The molecule has 3 heterocycles. The maximum Gasteiger partial charge on any atom is 0.259 e. The molecular weight excluding hydrogens is 328 g/mol. The lowest BCUT2D eigenvalue weighted by Crippen LogP contribution is -2.32. The van der Waals surface area contributed by atoms with Crippen LogP contribution >= 0.6 is 0 Å². The van der Waals surface area contributed by atoms with Crippen LogP contribution in [0.2, 0.25) is 0 Å². The van der Waals surface area contributed by atoms with Crippen molar-refractivity contribution in [3.05, 3.63) is 54.5 Å². The van der Waals surface area contributed by atoms with Gasteiger partial charge in [-0.3, -0.25) is 9.89 Å². The molecule has 0 aliphatic carbocycles. The lowest BCUT2D eigenvalue weighted by molar-refractivity contribution is 0.102. The molecule has 4 rings (SSSR count). The molecule has 0 bridgehead atoms. The summed E-state index contributed by atoms with van der Waals surface area (Å²) in [6.07, 6.45) is 6.71. The number of amides is 1. The van der Waals surface area contributed by atoms with Crippen molar-refractivity contribution in [2.45, 2.75) is 19.3 Å². The van der Waals surface area contributed by atoms with Crippen molar-refractivity contribution in [2.75, 3.05) is 23.3 Å². The summed E-state index contributed by atoms with van der Waals surface area (Å²) in [6.45, 7) is 1.89. The molecule has 1 amide bonds. The van der Waals surface area contributed by atoms with E-state index in [2.05, 4.69) is 30.4 Å². The van der Waals surface area contributed by atoms with Crippen LogP contribution in [0.25, 0.3) is 11.4 Å². The SMILES string of the molecule is O=C(Nc1cccc(-c2ncn[nH]2)c1)c1cccnc1N1CCCCC1. The predicted molar refractivity (Wildman–Crippen MR) is 100 cm³/mol. The number of aromatic nitrogens is 4. The van der Waals surface area contributed by atoms with E-state index >= 15 is 0 Å². The van der Waals surface area contributed by atoms with Gasteiger partial charge in [0.1, 0.15) is 12.1 Å². The Hall–Kier alpha value is -3.22. The number of pyridine rings is 1. The van der Waals surface area contributed by atoms with Gasteiger partial charge in [-0.15, -0.1) is 0 Å². The fraction of sp³-hybridized carbons (Fsp3) is 0.263. The van der Waals surface area contributed by atoms with E-state index in [1.54, 1.807) is 12.3 Å². The number of hydrogen-bond acceptors (Lipinski definition) is 5. The highest BCUT2D eigenvalue weighted by molar-refractivity contribution is 6.07. The van der Waals surface area contributed by atoms with Gasteiger partial charge in [-0.25, -0.2) is 9.97 Å². The number of H-pyrrole nitrogens is 1. The van der Waals surface area contributed by atoms with Crippen LogP contribution in [0.4, 0.5) is 11.5 Å². The number of nitrogens with zero attached hydrogens (tertiary/aromatic N) is 4. The molecule has 2 N–H and O–H groups in total. The molecule has 26 heavy (non-hydrogen) atoms. The van der Waals surface area contributed by atoms with Crippen LogP contribution in [0.5, 0.6) is 0 Å². The first-order valence-electron chi connectivity index (χ1n) is 8.78. The first kappa shape index (κ1) is 16.3. The first-order chi connectivity index (χ1) is 12.8. The Labute approximate surface area is 151 Å². The van der Waals surface area contributed by atoms with Crippen LogP contribution in [0.3, 0.4) is 0 Å². The number of nitrogens with one attached hydrogen (secondary N) is 2. The van der Waals surface area contributed by atoms with E-state index in [-0.39, 0.29) is 5.91 Å². The summed E-state index contributed by atoms with van der Waals surface area (Å²) in [4.78, 5) is 23.7. The Morgan fingerprint density at radius 2 is 1.96 bits per heavy atom. The number of aromatic amines is 1. The number of carbonyl (C=O) groups excluding carboxylic acids is 1. The Morgan fingerprint density at radius 3 is 2.77 bits per heavy atom. The Balaban J connectivity index is 1.56. The highest BCUT2D eigenvalue weighted by atomic mass is 16.1. The number of hydrogen-bond donors (Lipinski definition) is 2. The average molecular weight is 348 g/mol. The van der Waals surface area contributed by atoms with E-state index in [9.17, 15) is 4.79 Å². The summed E-state index contributed by atoms with van der Waals surface area (Å²) in [5, 5.41) is 9.66. The standard InChI is InChI=1S/C19H20N6O/c26-19(16-8-5-9-20-18(16)25-10-2-1-3-11-25)23-15-7-4-6-14(12-15)17-21-13-22-24-17/h4-9,12-13H,1-3,10-11H2,(H,23,26)(H,21,22,24). The Bertz CT molecular complexity index is 887. The molecule has 132 valence electrons. The predicted octanol–water partition coefficient (Wildman–Crippen LogP) is 3.11. The molecule has 0 saturated carbocycles. The number of carbonyl (C=O) groups is 1. The molecule has 2 aromatic heterocycles. The van der Waals surface area contributed by atoms with E-state index in [4.69, 9.17) is 0 Å². The largest absolute Gasteiger partial charge is 0.356 e. The number of benzene rings is 1. The maximum atomic E-state index is 12.9. The second-order valence-electron chi connectivity index (χ2n) is 6.29. The topological polar surface area (TPSA) is 86.8 Å². The average Bonchev–Trinajstić information content (AvgIpc) is 3.24. The summed E-state index contributed by atoms with van der Waals surface area (Å²) in [6, 6.07) is 11.1. The van der Waals surface area contributed by atoms with Gasteiger partial charge in [-0.1, -0.05) is 12.1 Å². The molecule has 1 fully saturated rings. The summed E-state index contributed by atoms with van der Waals surface area (Å²) in [5.41, 5.74) is 2.17. The van der Waals surface area contributed by atoms with Crippen molar-refractivity contribution in [3.63, 3.8) is 0 Å². The zero-order chi connectivity index (χ0) is 17.8. The maximum absolute atomic E-state index is 12.9. The second kappa shape index (κ2) is 7.35. The van der Waals surface area contributed by atoms with Crippen molar-refractivity contribution >= 4 is 17.4 Å². The lowest BCUT2D eigenvalue weighted by atomic mass is 10.1. The van der Waals surface area contributed by atoms with Crippen LogP contribution in [-0.4, -0.2) is 39.2 Å². The molecule has 0 atom stereocenters. The molecule has 0 unspecified atom stereocenters. The van der Waals surface area contributed by atoms with Gasteiger partial charge in [0, 0.05) is 30.5 Å². The minimum Gasteiger partial charge on any atom is -0.356 e. The summed E-state index contributed by atoms with van der Waals surface area (Å²) >= 11 is 0. The van der Waals surface area contributed by atoms with E-state index in [0.717, 1.165) is 37.3 Å². The third kappa shape index (κ3) is 3.42. The van der Waals surface area contributed by atoms with E-state index in [0.29, 0.717) is 17.1 Å². The molecule has 0 spiro atoms. The lowest BCUT2D eigenvalue weighted by Gasteiger charge is -2.29. The van der Waals surface area contributed by atoms with Crippen LogP contribution in [-0.2, 0) is 0 Å². The van der Waals surface area contributed by atoms with Crippen molar-refractivity contribution in [3.8, 4) is 11.4 Å².